The van der Waals surface area contributed by atoms with Gasteiger partial charge in [0, 0.05) is 22.4 Å². The Morgan fingerprint density at radius 3 is 2.36 bits per heavy atom. The van der Waals surface area contributed by atoms with Gasteiger partial charge in [0.05, 0.1) is 9.26 Å². The Morgan fingerprint density at radius 2 is 1.86 bits per heavy atom. The summed E-state index contributed by atoms with van der Waals surface area (Å²) in [7, 11) is 0. The maximum Gasteiger partial charge on any atom is 0.324 e. The highest BCUT2D eigenvalue weighted by Crippen LogP contribution is 2.34. The monoisotopic (exact) mass is 245 g/mol. The second-order valence-electron chi connectivity index (χ2n) is 2.57. The highest BCUT2D eigenvalue weighted by molar-refractivity contribution is 7.15. The van der Waals surface area contributed by atoms with Crippen molar-refractivity contribution < 1.29 is 4.92 Å². The minimum absolute atomic E-state index is 0.155. The number of nitro groups is 1. The molecule has 6 heteroatoms. The SMILES string of the molecule is O=[N+]([O-])c1cc(-c2csc(Cl)c2)cs1. The van der Waals surface area contributed by atoms with Gasteiger partial charge < -0.3 is 0 Å². The molecule has 2 rings (SSSR count). The predicted octanol–water partition coefficient (Wildman–Crippen LogP) is 4.04. The molecule has 0 unspecified atom stereocenters. The summed E-state index contributed by atoms with van der Waals surface area (Å²) in [6.45, 7) is 0. The Labute approximate surface area is 92.7 Å². The van der Waals surface area contributed by atoms with Crippen LogP contribution in [0.3, 0.4) is 0 Å². The first-order chi connectivity index (χ1) is 6.66. The molecule has 0 saturated carbocycles. The standard InChI is InChI=1S/C8H4ClNO2S2/c9-7-1-5(3-13-7)6-2-8(10(11)12)14-4-6/h1-4H. The summed E-state index contributed by atoms with van der Waals surface area (Å²) < 4.78 is 0.689. The summed E-state index contributed by atoms with van der Waals surface area (Å²) in [4.78, 5) is 10.1. The lowest BCUT2D eigenvalue weighted by Gasteiger charge is -1.86. The number of thiophene rings is 2. The first-order valence-corrected chi connectivity index (χ1v) is 5.78. The molecule has 0 aliphatic rings. The minimum Gasteiger partial charge on any atom is -0.258 e. The lowest BCUT2D eigenvalue weighted by atomic mass is 10.2. The second-order valence-corrected chi connectivity index (χ2v) is 5.00. The van der Waals surface area contributed by atoms with Crippen molar-refractivity contribution in [1.29, 1.82) is 0 Å². The van der Waals surface area contributed by atoms with Crippen LogP contribution >= 0.6 is 34.3 Å². The van der Waals surface area contributed by atoms with Crippen LogP contribution in [0.15, 0.2) is 22.9 Å². The molecule has 0 aliphatic heterocycles. The molecule has 72 valence electrons. The third-order valence-electron chi connectivity index (χ3n) is 1.67. The molecule has 0 aromatic carbocycles. The Bertz CT molecular complexity index is 477. The zero-order valence-electron chi connectivity index (χ0n) is 6.77. The first-order valence-electron chi connectivity index (χ1n) is 3.64. The fourth-order valence-corrected chi connectivity index (χ4v) is 2.66. The van der Waals surface area contributed by atoms with E-state index >= 15 is 0 Å². The van der Waals surface area contributed by atoms with Crippen LogP contribution < -0.4 is 0 Å². The van der Waals surface area contributed by atoms with Crippen LogP contribution in [0.1, 0.15) is 0 Å². The van der Waals surface area contributed by atoms with Gasteiger partial charge in [-0.1, -0.05) is 22.9 Å². The van der Waals surface area contributed by atoms with E-state index in [0.29, 0.717) is 4.34 Å². The third kappa shape index (κ3) is 1.79. The summed E-state index contributed by atoms with van der Waals surface area (Å²) in [6.07, 6.45) is 0. The van der Waals surface area contributed by atoms with Crippen molar-refractivity contribution in [3.8, 4) is 11.1 Å². The van der Waals surface area contributed by atoms with E-state index in [9.17, 15) is 10.1 Å². The molecule has 0 bridgehead atoms. The van der Waals surface area contributed by atoms with Crippen molar-refractivity contribution in [1.82, 2.24) is 0 Å². The van der Waals surface area contributed by atoms with E-state index in [1.807, 2.05) is 5.38 Å². The van der Waals surface area contributed by atoms with Gasteiger partial charge in [0.25, 0.3) is 0 Å². The topological polar surface area (TPSA) is 43.1 Å². The van der Waals surface area contributed by atoms with Gasteiger partial charge in [-0.3, -0.25) is 10.1 Å². The molecule has 3 nitrogen and oxygen atoms in total. The molecule has 0 spiro atoms. The van der Waals surface area contributed by atoms with E-state index in [4.69, 9.17) is 11.6 Å². The molecule has 2 aromatic rings. The van der Waals surface area contributed by atoms with Crippen LogP contribution in [0.25, 0.3) is 11.1 Å². The van der Waals surface area contributed by atoms with Gasteiger partial charge in [-0.2, -0.15) is 0 Å². The Kier molecular flexibility index (Phi) is 2.54. The number of hydrogen-bond donors (Lipinski definition) is 0. The van der Waals surface area contributed by atoms with E-state index in [1.165, 1.54) is 11.3 Å². The number of rotatable bonds is 2. The first kappa shape index (κ1) is 9.64. The zero-order chi connectivity index (χ0) is 10.1. The molecule has 0 N–H and O–H groups in total. The molecule has 0 atom stereocenters. The van der Waals surface area contributed by atoms with Crippen molar-refractivity contribution in [3.05, 3.63) is 37.3 Å². The Morgan fingerprint density at radius 1 is 1.21 bits per heavy atom. The van der Waals surface area contributed by atoms with Crippen LogP contribution in [0.2, 0.25) is 4.34 Å². The summed E-state index contributed by atoms with van der Waals surface area (Å²) >= 11 is 8.31. The Hall–Kier alpha value is -0.910. The largest absolute Gasteiger partial charge is 0.324 e. The minimum atomic E-state index is -0.387. The molecular weight excluding hydrogens is 242 g/mol. The maximum absolute atomic E-state index is 10.4. The molecule has 0 fully saturated rings. The maximum atomic E-state index is 10.4. The van der Waals surface area contributed by atoms with Crippen LogP contribution in [-0.4, -0.2) is 4.92 Å². The average molecular weight is 246 g/mol. The van der Waals surface area contributed by atoms with E-state index in [1.54, 1.807) is 17.5 Å². The van der Waals surface area contributed by atoms with Crippen molar-refractivity contribution in [2.24, 2.45) is 0 Å². The molecule has 0 amide bonds. The number of halogens is 1. The lowest BCUT2D eigenvalue weighted by molar-refractivity contribution is -0.380. The smallest absolute Gasteiger partial charge is 0.258 e. The summed E-state index contributed by atoms with van der Waals surface area (Å²) in [5.41, 5.74) is 1.79. The zero-order valence-corrected chi connectivity index (χ0v) is 9.16. The van der Waals surface area contributed by atoms with Gasteiger partial charge >= 0.3 is 5.00 Å². The van der Waals surface area contributed by atoms with Gasteiger partial charge in [0.1, 0.15) is 0 Å². The number of hydrogen-bond acceptors (Lipinski definition) is 4. The van der Waals surface area contributed by atoms with Crippen LogP contribution in [0, 0.1) is 10.1 Å². The van der Waals surface area contributed by atoms with Crippen LogP contribution in [0.5, 0.6) is 0 Å². The molecule has 14 heavy (non-hydrogen) atoms. The molecule has 0 radical (unpaired) electrons. The number of nitrogens with zero attached hydrogens (tertiary/aromatic N) is 1. The molecule has 2 heterocycles. The van der Waals surface area contributed by atoms with Crippen LogP contribution in [-0.2, 0) is 0 Å². The normalized spacial score (nSPS) is 10.4. The lowest BCUT2D eigenvalue weighted by Crippen LogP contribution is -1.81. The summed E-state index contributed by atoms with van der Waals surface area (Å²) in [6, 6.07) is 3.36. The van der Waals surface area contributed by atoms with Gasteiger partial charge in [0.15, 0.2) is 0 Å². The third-order valence-corrected chi connectivity index (χ3v) is 3.64. The van der Waals surface area contributed by atoms with Gasteiger partial charge in [0.2, 0.25) is 0 Å². The van der Waals surface area contributed by atoms with Crippen molar-refractivity contribution in [3.63, 3.8) is 0 Å². The Balaban J connectivity index is 2.38. The van der Waals surface area contributed by atoms with E-state index < -0.39 is 0 Å². The summed E-state index contributed by atoms with van der Waals surface area (Å²) in [5, 5.41) is 14.2. The van der Waals surface area contributed by atoms with Gasteiger partial charge in [-0.05, 0) is 11.6 Å². The van der Waals surface area contributed by atoms with Crippen molar-refractivity contribution >= 4 is 39.3 Å². The average Bonchev–Trinajstić information content (AvgIpc) is 2.70. The van der Waals surface area contributed by atoms with Crippen LogP contribution in [0.4, 0.5) is 5.00 Å². The summed E-state index contributed by atoms with van der Waals surface area (Å²) in [5.74, 6) is 0. The predicted molar refractivity (Wildman–Crippen MR) is 59.3 cm³/mol. The quantitative estimate of drug-likeness (QED) is 0.592. The van der Waals surface area contributed by atoms with Crippen molar-refractivity contribution in [2.75, 3.05) is 0 Å². The molecule has 0 saturated heterocycles. The molecule has 0 aliphatic carbocycles. The highest BCUT2D eigenvalue weighted by atomic mass is 35.5. The molecule has 2 aromatic heterocycles. The fraction of sp³-hybridized carbons (Fsp3) is 0. The highest BCUT2D eigenvalue weighted by Gasteiger charge is 2.11. The van der Waals surface area contributed by atoms with E-state index in [0.717, 1.165) is 22.5 Å². The second kappa shape index (κ2) is 3.68. The van der Waals surface area contributed by atoms with Gasteiger partial charge in [-0.15, -0.1) is 11.3 Å². The fourth-order valence-electron chi connectivity index (χ4n) is 1.03. The van der Waals surface area contributed by atoms with Crippen molar-refractivity contribution in [2.45, 2.75) is 0 Å². The van der Waals surface area contributed by atoms with E-state index in [2.05, 4.69) is 0 Å². The van der Waals surface area contributed by atoms with E-state index in [-0.39, 0.29) is 9.92 Å². The van der Waals surface area contributed by atoms with Gasteiger partial charge in [-0.25, -0.2) is 0 Å². The molecular formula is C8H4ClNO2S2.